The van der Waals surface area contributed by atoms with Crippen LogP contribution in [0.3, 0.4) is 0 Å². The van der Waals surface area contributed by atoms with Gasteiger partial charge in [-0.25, -0.2) is 4.98 Å². The molecule has 3 heterocycles. The minimum atomic E-state index is -0.492. The molecule has 3 aromatic rings. The van der Waals surface area contributed by atoms with E-state index < -0.39 is 11.8 Å². The average molecular weight is 472 g/mol. The largest absolute Gasteiger partial charge is 0.488 e. The van der Waals surface area contributed by atoms with Gasteiger partial charge >= 0.3 is 0 Å². The van der Waals surface area contributed by atoms with Crippen molar-refractivity contribution in [1.82, 2.24) is 21.0 Å². The number of benzene rings is 1. The lowest BCUT2D eigenvalue weighted by atomic mass is 10.2. The summed E-state index contributed by atoms with van der Waals surface area (Å²) in [5, 5.41) is 4.68. The molecule has 33 heavy (non-hydrogen) atoms. The van der Waals surface area contributed by atoms with Gasteiger partial charge in [-0.3, -0.25) is 20.4 Å². The minimum absolute atomic E-state index is 0.211. The van der Waals surface area contributed by atoms with E-state index in [4.69, 9.17) is 14.0 Å². The summed E-state index contributed by atoms with van der Waals surface area (Å²) in [4.78, 5) is 32.5. The van der Waals surface area contributed by atoms with E-state index >= 15 is 0 Å². The second-order valence-electron chi connectivity index (χ2n) is 7.51. The zero-order valence-electron chi connectivity index (χ0n) is 18.6. The third-order valence-corrected chi connectivity index (χ3v) is 6.46. The number of thiazole rings is 1. The summed E-state index contributed by atoms with van der Waals surface area (Å²) in [6.45, 7) is 8.35. The number of carbonyl (C=O) groups excluding carboxylic acids is 2. The molecule has 0 aliphatic carbocycles. The molecule has 2 aromatic heterocycles. The molecule has 1 aromatic carbocycles. The molecule has 174 valence electrons. The van der Waals surface area contributed by atoms with E-state index in [-0.39, 0.29) is 6.61 Å². The van der Waals surface area contributed by atoms with Crippen LogP contribution in [0.25, 0.3) is 0 Å². The maximum atomic E-state index is 12.8. The molecule has 2 amide bonds. The Morgan fingerprint density at radius 3 is 2.55 bits per heavy atom. The fourth-order valence-electron chi connectivity index (χ4n) is 3.36. The number of hydrogen-bond acceptors (Lipinski definition) is 9. The molecule has 1 aliphatic rings. The number of anilines is 1. The molecule has 4 rings (SSSR count). The second-order valence-corrected chi connectivity index (χ2v) is 8.48. The molecule has 0 atom stereocenters. The molecule has 0 spiro atoms. The van der Waals surface area contributed by atoms with E-state index in [2.05, 4.69) is 25.9 Å². The Balaban J connectivity index is 1.39. The number of aryl methyl sites for hydroxylation is 3. The first-order valence-electron chi connectivity index (χ1n) is 10.5. The van der Waals surface area contributed by atoms with Gasteiger partial charge in [-0.15, -0.1) is 0 Å². The van der Waals surface area contributed by atoms with Crippen molar-refractivity contribution in [2.24, 2.45) is 0 Å². The van der Waals surface area contributed by atoms with Crippen LogP contribution in [-0.2, 0) is 11.3 Å². The van der Waals surface area contributed by atoms with E-state index in [0.29, 0.717) is 40.9 Å². The van der Waals surface area contributed by atoms with Crippen LogP contribution < -0.4 is 20.5 Å². The average Bonchev–Trinajstić information content (AvgIpc) is 3.38. The van der Waals surface area contributed by atoms with Crippen molar-refractivity contribution in [2.75, 3.05) is 31.2 Å². The first-order chi connectivity index (χ1) is 15.9. The van der Waals surface area contributed by atoms with Crippen LogP contribution in [0.4, 0.5) is 5.13 Å². The zero-order chi connectivity index (χ0) is 23.4. The molecule has 1 aliphatic heterocycles. The third kappa shape index (κ3) is 5.15. The highest BCUT2D eigenvalue weighted by Crippen LogP contribution is 2.26. The van der Waals surface area contributed by atoms with Crippen molar-refractivity contribution in [2.45, 2.75) is 27.4 Å². The molecule has 11 heteroatoms. The van der Waals surface area contributed by atoms with Crippen molar-refractivity contribution in [3.63, 3.8) is 0 Å². The van der Waals surface area contributed by atoms with Crippen molar-refractivity contribution >= 4 is 28.3 Å². The van der Waals surface area contributed by atoms with Gasteiger partial charge in [0.05, 0.1) is 35.7 Å². The zero-order valence-corrected chi connectivity index (χ0v) is 19.5. The van der Waals surface area contributed by atoms with Crippen molar-refractivity contribution in [3.05, 3.63) is 57.4 Å². The van der Waals surface area contributed by atoms with Crippen molar-refractivity contribution in [3.8, 4) is 5.75 Å². The first-order valence-corrected chi connectivity index (χ1v) is 11.3. The Morgan fingerprint density at radius 1 is 1.09 bits per heavy atom. The predicted molar refractivity (Wildman–Crippen MR) is 122 cm³/mol. The van der Waals surface area contributed by atoms with Crippen molar-refractivity contribution < 1.29 is 23.6 Å². The van der Waals surface area contributed by atoms with Gasteiger partial charge in [0, 0.05) is 13.1 Å². The first kappa shape index (κ1) is 22.7. The fraction of sp³-hybridized carbons (Fsp3) is 0.364. The Kier molecular flexibility index (Phi) is 6.90. The molecular weight excluding hydrogens is 446 g/mol. The number of hydrogen-bond donors (Lipinski definition) is 2. The predicted octanol–water partition coefficient (Wildman–Crippen LogP) is 2.55. The Hall–Kier alpha value is -3.44. The number of aromatic nitrogens is 2. The van der Waals surface area contributed by atoms with E-state index in [9.17, 15) is 9.59 Å². The Morgan fingerprint density at radius 2 is 1.82 bits per heavy atom. The van der Waals surface area contributed by atoms with Crippen LogP contribution in [-0.4, -0.2) is 48.3 Å². The summed E-state index contributed by atoms with van der Waals surface area (Å²) in [6.07, 6.45) is 0. The van der Waals surface area contributed by atoms with E-state index in [1.54, 1.807) is 38.1 Å². The van der Waals surface area contributed by atoms with Crippen molar-refractivity contribution in [1.29, 1.82) is 0 Å². The SMILES string of the molecule is Cc1nc(N2CCOCC2)sc1C(=O)NNC(=O)c1ccccc1OCc1c(C)noc1C. The van der Waals surface area contributed by atoms with Gasteiger partial charge in [-0.2, -0.15) is 0 Å². The molecule has 1 fully saturated rings. The summed E-state index contributed by atoms with van der Waals surface area (Å²) < 4.78 is 16.4. The van der Waals surface area contributed by atoms with Gasteiger partial charge in [-0.05, 0) is 32.9 Å². The quantitative estimate of drug-likeness (QED) is 0.527. The van der Waals surface area contributed by atoms with Gasteiger partial charge in [0.25, 0.3) is 11.8 Å². The summed E-state index contributed by atoms with van der Waals surface area (Å²) >= 11 is 1.29. The molecule has 0 bridgehead atoms. The summed E-state index contributed by atoms with van der Waals surface area (Å²) in [7, 11) is 0. The van der Waals surface area contributed by atoms with Crippen LogP contribution in [0.15, 0.2) is 28.8 Å². The van der Waals surface area contributed by atoms with Crippen LogP contribution in [0.1, 0.15) is 42.7 Å². The normalized spacial score (nSPS) is 13.6. The highest BCUT2D eigenvalue weighted by Gasteiger charge is 2.21. The Bertz CT molecular complexity index is 1130. The van der Waals surface area contributed by atoms with Crippen LogP contribution in [0, 0.1) is 20.8 Å². The Labute approximate surface area is 194 Å². The fourth-order valence-corrected chi connectivity index (χ4v) is 4.37. The van der Waals surface area contributed by atoms with Gasteiger partial charge in [0.15, 0.2) is 5.13 Å². The highest BCUT2D eigenvalue weighted by molar-refractivity contribution is 7.17. The number of para-hydroxylation sites is 1. The van der Waals surface area contributed by atoms with Crippen LogP contribution >= 0.6 is 11.3 Å². The number of rotatable bonds is 6. The maximum Gasteiger partial charge on any atom is 0.281 e. The number of morpholine rings is 1. The molecule has 1 saturated heterocycles. The van der Waals surface area contributed by atoms with E-state index in [1.165, 1.54) is 11.3 Å². The lowest BCUT2D eigenvalue weighted by Crippen LogP contribution is -2.41. The number of ether oxygens (including phenoxy) is 2. The molecule has 0 saturated carbocycles. The minimum Gasteiger partial charge on any atom is -0.488 e. The lowest BCUT2D eigenvalue weighted by molar-refractivity contribution is 0.0845. The topological polar surface area (TPSA) is 119 Å². The molecule has 2 N–H and O–H groups in total. The van der Waals surface area contributed by atoms with Gasteiger partial charge in [0.1, 0.15) is 23.0 Å². The summed E-state index contributed by atoms with van der Waals surface area (Å²) in [5.41, 5.74) is 7.41. The number of hydrazine groups is 1. The van der Waals surface area contributed by atoms with E-state index in [0.717, 1.165) is 29.5 Å². The number of carbonyl (C=O) groups is 2. The standard InChI is InChI=1S/C22H25N5O5S/c1-13-17(15(3)32-26-13)12-31-18-7-5-4-6-16(18)20(28)24-25-21(29)19-14(2)23-22(33-19)27-8-10-30-11-9-27/h4-7H,8-12H2,1-3H3,(H,24,28)(H,25,29). The summed E-state index contributed by atoms with van der Waals surface area (Å²) in [5.74, 6) is 0.131. The third-order valence-electron chi connectivity index (χ3n) is 5.25. The van der Waals surface area contributed by atoms with Gasteiger partial charge in [-0.1, -0.05) is 28.6 Å². The smallest absolute Gasteiger partial charge is 0.281 e. The molecule has 0 radical (unpaired) electrons. The van der Waals surface area contributed by atoms with E-state index in [1.807, 2.05) is 6.92 Å². The summed E-state index contributed by atoms with van der Waals surface area (Å²) in [6, 6.07) is 6.81. The van der Waals surface area contributed by atoms with Gasteiger partial charge < -0.3 is 18.9 Å². The number of amides is 2. The van der Waals surface area contributed by atoms with Crippen LogP contribution in [0.2, 0.25) is 0 Å². The molecule has 0 unspecified atom stereocenters. The number of nitrogens with one attached hydrogen (secondary N) is 2. The monoisotopic (exact) mass is 471 g/mol. The maximum absolute atomic E-state index is 12.8. The second kappa shape index (κ2) is 10.0. The van der Waals surface area contributed by atoms with Gasteiger partial charge in [0.2, 0.25) is 0 Å². The van der Waals surface area contributed by atoms with Crippen LogP contribution in [0.5, 0.6) is 5.75 Å². The highest BCUT2D eigenvalue weighted by atomic mass is 32.1. The lowest BCUT2D eigenvalue weighted by Gasteiger charge is -2.25. The molecular formula is C22H25N5O5S. The number of nitrogens with zero attached hydrogens (tertiary/aromatic N) is 3. The molecule has 10 nitrogen and oxygen atoms in total.